The molecular formula is C17H19ClN2O2S2. The van der Waals surface area contributed by atoms with Gasteiger partial charge in [0.2, 0.25) is 11.8 Å². The Hall–Kier alpha value is -0.850. The third-order valence-electron chi connectivity index (χ3n) is 5.08. The van der Waals surface area contributed by atoms with E-state index in [2.05, 4.69) is 12.2 Å². The van der Waals surface area contributed by atoms with E-state index in [1.54, 1.807) is 23.5 Å². The second-order valence-electron chi connectivity index (χ2n) is 6.65. The number of rotatable bonds is 2. The maximum atomic E-state index is 12.9. The SMILES string of the molecule is CC12CCC(=O)N1C(C(=O)NC1CCSc3ccc(Cl)cc31)CS2. The second kappa shape index (κ2) is 6.15. The van der Waals surface area contributed by atoms with Gasteiger partial charge in [0.25, 0.3) is 0 Å². The topological polar surface area (TPSA) is 49.4 Å². The Kier molecular flexibility index (Phi) is 4.25. The Morgan fingerprint density at radius 3 is 3.12 bits per heavy atom. The summed E-state index contributed by atoms with van der Waals surface area (Å²) in [5, 5.41) is 3.87. The van der Waals surface area contributed by atoms with Gasteiger partial charge in [0.1, 0.15) is 6.04 Å². The van der Waals surface area contributed by atoms with Gasteiger partial charge in [-0.15, -0.1) is 23.5 Å². The van der Waals surface area contributed by atoms with E-state index in [0.29, 0.717) is 17.2 Å². The lowest BCUT2D eigenvalue weighted by atomic mass is 10.0. The van der Waals surface area contributed by atoms with Crippen molar-refractivity contribution in [1.29, 1.82) is 0 Å². The molecule has 7 heteroatoms. The van der Waals surface area contributed by atoms with Crippen LogP contribution >= 0.6 is 35.1 Å². The summed E-state index contributed by atoms with van der Waals surface area (Å²) in [5.74, 6) is 1.71. The van der Waals surface area contributed by atoms with Crippen LogP contribution in [0, 0.1) is 0 Å². The molecule has 3 aliphatic heterocycles. The second-order valence-corrected chi connectivity index (χ2v) is 9.72. The molecule has 0 radical (unpaired) electrons. The zero-order valence-corrected chi connectivity index (χ0v) is 15.8. The van der Waals surface area contributed by atoms with E-state index in [9.17, 15) is 9.59 Å². The largest absolute Gasteiger partial charge is 0.347 e. The van der Waals surface area contributed by atoms with Crippen molar-refractivity contribution >= 4 is 46.9 Å². The smallest absolute Gasteiger partial charge is 0.244 e. The summed E-state index contributed by atoms with van der Waals surface area (Å²) in [6, 6.07) is 5.48. The number of carbonyl (C=O) groups is 2. The molecule has 0 spiro atoms. The third kappa shape index (κ3) is 2.72. The molecule has 0 aliphatic carbocycles. The first kappa shape index (κ1) is 16.6. The van der Waals surface area contributed by atoms with E-state index in [0.717, 1.165) is 24.2 Å². The predicted molar refractivity (Wildman–Crippen MR) is 98.4 cm³/mol. The predicted octanol–water partition coefficient (Wildman–Crippen LogP) is 3.45. The molecule has 4 rings (SSSR count). The molecule has 0 bridgehead atoms. The Bertz CT molecular complexity index is 714. The number of benzene rings is 1. The first-order valence-electron chi connectivity index (χ1n) is 8.17. The third-order valence-corrected chi connectivity index (χ3v) is 7.94. The summed E-state index contributed by atoms with van der Waals surface area (Å²) in [4.78, 5) is 27.9. The molecule has 3 heterocycles. The molecule has 128 valence electrons. The highest BCUT2D eigenvalue weighted by molar-refractivity contribution is 8.01. The quantitative estimate of drug-likeness (QED) is 0.851. The van der Waals surface area contributed by atoms with E-state index < -0.39 is 0 Å². The van der Waals surface area contributed by atoms with Gasteiger partial charge in [0.05, 0.1) is 10.9 Å². The number of hydrogen-bond donors (Lipinski definition) is 1. The summed E-state index contributed by atoms with van der Waals surface area (Å²) in [5.41, 5.74) is 1.09. The van der Waals surface area contributed by atoms with Crippen LogP contribution < -0.4 is 5.32 Å². The Labute approximate surface area is 155 Å². The van der Waals surface area contributed by atoms with Gasteiger partial charge >= 0.3 is 0 Å². The van der Waals surface area contributed by atoms with Crippen LogP contribution in [0.2, 0.25) is 5.02 Å². The van der Waals surface area contributed by atoms with Crippen molar-refractivity contribution in [3.8, 4) is 0 Å². The van der Waals surface area contributed by atoms with Crippen molar-refractivity contribution < 1.29 is 9.59 Å². The van der Waals surface area contributed by atoms with Crippen molar-refractivity contribution in [3.63, 3.8) is 0 Å². The molecule has 0 aromatic heterocycles. The van der Waals surface area contributed by atoms with Crippen LogP contribution in [0.25, 0.3) is 0 Å². The maximum absolute atomic E-state index is 12.9. The van der Waals surface area contributed by atoms with Gasteiger partial charge in [-0.25, -0.2) is 0 Å². The van der Waals surface area contributed by atoms with E-state index >= 15 is 0 Å². The first-order chi connectivity index (χ1) is 11.5. The number of halogens is 1. The van der Waals surface area contributed by atoms with Crippen molar-refractivity contribution in [3.05, 3.63) is 28.8 Å². The number of hydrogen-bond acceptors (Lipinski definition) is 4. The normalized spacial score (nSPS) is 31.8. The molecule has 2 fully saturated rings. The fourth-order valence-electron chi connectivity index (χ4n) is 3.80. The van der Waals surface area contributed by atoms with E-state index in [1.807, 2.05) is 23.1 Å². The molecule has 1 aromatic carbocycles. The Morgan fingerprint density at radius 2 is 2.29 bits per heavy atom. The summed E-state index contributed by atoms with van der Waals surface area (Å²) in [7, 11) is 0. The minimum absolute atomic E-state index is 0.0259. The number of amides is 2. The summed E-state index contributed by atoms with van der Waals surface area (Å²) < 4.78 is 0. The van der Waals surface area contributed by atoms with E-state index in [1.165, 1.54) is 4.90 Å². The van der Waals surface area contributed by atoms with Gasteiger partial charge in [-0.1, -0.05) is 11.6 Å². The fraction of sp³-hybridized carbons (Fsp3) is 0.529. The number of nitrogens with one attached hydrogen (secondary N) is 1. The Morgan fingerprint density at radius 1 is 1.46 bits per heavy atom. The van der Waals surface area contributed by atoms with Gasteiger partial charge in [-0.05, 0) is 43.5 Å². The summed E-state index contributed by atoms with van der Waals surface area (Å²) in [6.45, 7) is 2.07. The molecule has 24 heavy (non-hydrogen) atoms. The molecule has 1 N–H and O–H groups in total. The lowest BCUT2D eigenvalue weighted by Crippen LogP contribution is -2.50. The van der Waals surface area contributed by atoms with Gasteiger partial charge in [0.15, 0.2) is 0 Å². The molecule has 3 aliphatic rings. The molecule has 0 saturated carbocycles. The minimum Gasteiger partial charge on any atom is -0.347 e. The zero-order valence-electron chi connectivity index (χ0n) is 13.4. The molecule has 3 unspecified atom stereocenters. The highest BCUT2D eigenvalue weighted by Crippen LogP contribution is 2.47. The number of nitrogens with zero attached hydrogens (tertiary/aromatic N) is 1. The van der Waals surface area contributed by atoms with Gasteiger partial charge in [0, 0.05) is 27.8 Å². The van der Waals surface area contributed by atoms with Gasteiger partial charge in [-0.3, -0.25) is 9.59 Å². The average Bonchev–Trinajstić information content (AvgIpc) is 3.04. The highest BCUT2D eigenvalue weighted by atomic mass is 35.5. The first-order valence-corrected chi connectivity index (χ1v) is 10.5. The standard InChI is InChI=1S/C17H19ClN2O2S2/c1-17-6-4-15(21)20(17)13(9-24-17)16(22)19-12-5-7-23-14-3-2-10(18)8-11(12)14/h2-3,8,12-13H,4-7,9H2,1H3,(H,19,22). The molecule has 3 atom stereocenters. The van der Waals surface area contributed by atoms with Crippen molar-refractivity contribution in [2.75, 3.05) is 11.5 Å². The Balaban J connectivity index is 1.54. The number of thioether (sulfide) groups is 2. The van der Waals surface area contributed by atoms with Crippen LogP contribution in [0.1, 0.15) is 37.8 Å². The maximum Gasteiger partial charge on any atom is 0.244 e. The van der Waals surface area contributed by atoms with Crippen molar-refractivity contribution in [2.24, 2.45) is 0 Å². The van der Waals surface area contributed by atoms with Crippen molar-refractivity contribution in [2.45, 2.75) is 48.0 Å². The summed E-state index contributed by atoms with van der Waals surface area (Å²) in [6.07, 6.45) is 2.26. The van der Waals surface area contributed by atoms with Crippen LogP contribution in [0.4, 0.5) is 0 Å². The molecule has 4 nitrogen and oxygen atoms in total. The lowest BCUT2D eigenvalue weighted by Gasteiger charge is -2.32. The monoisotopic (exact) mass is 382 g/mol. The molecular weight excluding hydrogens is 364 g/mol. The highest BCUT2D eigenvalue weighted by Gasteiger charge is 2.53. The van der Waals surface area contributed by atoms with Crippen LogP contribution in [-0.4, -0.2) is 39.1 Å². The van der Waals surface area contributed by atoms with Crippen molar-refractivity contribution in [1.82, 2.24) is 10.2 Å². The summed E-state index contributed by atoms with van der Waals surface area (Å²) >= 11 is 9.66. The van der Waals surface area contributed by atoms with Gasteiger partial charge in [-0.2, -0.15) is 0 Å². The lowest BCUT2D eigenvalue weighted by molar-refractivity contribution is -0.138. The minimum atomic E-state index is -0.354. The van der Waals surface area contributed by atoms with Crippen LogP contribution in [0.15, 0.2) is 23.1 Å². The fourth-order valence-corrected chi connectivity index (χ4v) is 6.52. The van der Waals surface area contributed by atoms with Crippen LogP contribution in [0.3, 0.4) is 0 Å². The average molecular weight is 383 g/mol. The van der Waals surface area contributed by atoms with E-state index in [4.69, 9.17) is 11.6 Å². The van der Waals surface area contributed by atoms with Crippen LogP contribution in [-0.2, 0) is 9.59 Å². The number of fused-ring (bicyclic) bond motifs is 2. The zero-order chi connectivity index (χ0) is 16.9. The van der Waals surface area contributed by atoms with Gasteiger partial charge < -0.3 is 10.2 Å². The van der Waals surface area contributed by atoms with Crippen LogP contribution in [0.5, 0.6) is 0 Å². The molecule has 1 aromatic rings. The van der Waals surface area contributed by atoms with E-state index in [-0.39, 0.29) is 28.8 Å². The number of carbonyl (C=O) groups excluding carboxylic acids is 2. The molecule has 2 saturated heterocycles. The molecule has 2 amide bonds.